The van der Waals surface area contributed by atoms with Crippen LogP contribution in [0.2, 0.25) is 0 Å². The summed E-state index contributed by atoms with van der Waals surface area (Å²) in [4.78, 5) is 42.5. The summed E-state index contributed by atoms with van der Waals surface area (Å²) in [6.07, 6.45) is 30.7. The lowest BCUT2D eigenvalue weighted by molar-refractivity contribution is -0.161. The van der Waals surface area contributed by atoms with Crippen molar-refractivity contribution in [1.82, 2.24) is 0 Å². The number of carbonyl (C=O) groups is 2. The lowest BCUT2D eigenvalue weighted by Gasteiger charge is -2.18. The average Bonchev–Trinajstić information content (AvgIpc) is 2.97. The van der Waals surface area contributed by atoms with Gasteiger partial charge in [0, 0.05) is 12.8 Å². The Kier molecular flexibility index (Phi) is 29.9. The summed E-state index contributed by atoms with van der Waals surface area (Å²) in [5.41, 5.74) is 0. The highest BCUT2D eigenvalue weighted by molar-refractivity contribution is 7.46. The van der Waals surface area contributed by atoms with Crippen LogP contribution in [-0.2, 0) is 28.2 Å². The van der Waals surface area contributed by atoms with E-state index >= 15 is 0 Å². The van der Waals surface area contributed by atoms with Crippen LogP contribution in [0.5, 0.6) is 0 Å². The second kappa shape index (κ2) is 30.8. The number of esters is 2. The van der Waals surface area contributed by atoms with Gasteiger partial charge in [0.2, 0.25) is 0 Å². The largest absolute Gasteiger partial charge is 0.469 e. The van der Waals surface area contributed by atoms with E-state index in [9.17, 15) is 14.2 Å². The minimum Gasteiger partial charge on any atom is -0.462 e. The van der Waals surface area contributed by atoms with E-state index in [4.69, 9.17) is 19.3 Å². The van der Waals surface area contributed by atoms with Gasteiger partial charge in [-0.2, -0.15) is 0 Å². The summed E-state index contributed by atoms with van der Waals surface area (Å²) >= 11 is 0. The number of rotatable bonds is 32. The molecule has 0 bridgehead atoms. The zero-order valence-corrected chi connectivity index (χ0v) is 28.5. The van der Waals surface area contributed by atoms with Gasteiger partial charge in [0.1, 0.15) is 6.61 Å². The van der Waals surface area contributed by atoms with Gasteiger partial charge in [-0.3, -0.25) is 14.1 Å². The number of phosphoric acid groups is 1. The molecule has 254 valence electrons. The zero-order chi connectivity index (χ0) is 31.9. The molecule has 0 saturated heterocycles. The summed E-state index contributed by atoms with van der Waals surface area (Å²) in [5.74, 6) is -0.891. The van der Waals surface area contributed by atoms with Crippen LogP contribution in [0.3, 0.4) is 0 Å². The maximum Gasteiger partial charge on any atom is 0.469 e. The fourth-order valence-electron chi connectivity index (χ4n) is 4.90. The summed E-state index contributed by atoms with van der Waals surface area (Å²) in [5, 5.41) is 0. The second-order valence-corrected chi connectivity index (χ2v) is 13.1. The van der Waals surface area contributed by atoms with Crippen LogP contribution in [0.15, 0.2) is 12.2 Å². The van der Waals surface area contributed by atoms with Gasteiger partial charge in [-0.15, -0.1) is 0 Å². The fourth-order valence-corrected chi connectivity index (χ4v) is 5.26. The minimum absolute atomic E-state index is 0.205. The summed E-state index contributed by atoms with van der Waals surface area (Å²) < 4.78 is 26.2. The van der Waals surface area contributed by atoms with E-state index < -0.39 is 32.5 Å². The molecule has 0 aliphatic rings. The number of ether oxygens (including phenoxy) is 2. The molecule has 43 heavy (non-hydrogen) atoms. The van der Waals surface area contributed by atoms with E-state index in [2.05, 4.69) is 30.5 Å². The first-order chi connectivity index (χ1) is 20.8. The molecule has 9 heteroatoms. The van der Waals surface area contributed by atoms with Crippen LogP contribution in [0, 0.1) is 0 Å². The van der Waals surface area contributed by atoms with Crippen molar-refractivity contribution in [3.05, 3.63) is 12.2 Å². The third-order valence-corrected chi connectivity index (χ3v) is 8.02. The normalized spacial score (nSPS) is 12.6. The third kappa shape index (κ3) is 33.5. The standard InChI is InChI=1S/C34H65O8P/c1-3-5-7-9-11-13-15-17-19-21-23-25-27-29-34(36)42-32(31-41-43(37,38)39)30-40-33(35)28-26-24-22-20-18-16-14-12-10-8-6-4-2/h13,15,32H,3-12,14,16-31H2,1-2H3,(H2,37,38,39)/b15-13+/t32-/m1/s1. The van der Waals surface area contributed by atoms with Crippen molar-refractivity contribution in [3.8, 4) is 0 Å². The number of allylic oxidation sites excluding steroid dienone is 2. The summed E-state index contributed by atoms with van der Waals surface area (Å²) in [7, 11) is -4.74. The van der Waals surface area contributed by atoms with Crippen molar-refractivity contribution < 1.29 is 37.9 Å². The predicted octanol–water partition coefficient (Wildman–Crippen LogP) is 9.90. The molecule has 0 aromatic rings. The predicted molar refractivity (Wildman–Crippen MR) is 175 cm³/mol. The molecule has 0 amide bonds. The highest BCUT2D eigenvalue weighted by Gasteiger charge is 2.22. The Morgan fingerprint density at radius 2 is 0.977 bits per heavy atom. The van der Waals surface area contributed by atoms with Crippen molar-refractivity contribution in [1.29, 1.82) is 0 Å². The molecule has 0 aliphatic carbocycles. The van der Waals surface area contributed by atoms with Crippen LogP contribution >= 0.6 is 7.82 Å². The highest BCUT2D eigenvalue weighted by Crippen LogP contribution is 2.36. The van der Waals surface area contributed by atoms with Crippen molar-refractivity contribution in [2.24, 2.45) is 0 Å². The maximum absolute atomic E-state index is 12.3. The maximum atomic E-state index is 12.3. The average molecular weight is 633 g/mol. The number of phosphoric ester groups is 1. The Morgan fingerprint density at radius 3 is 1.44 bits per heavy atom. The monoisotopic (exact) mass is 632 g/mol. The minimum atomic E-state index is -4.74. The van der Waals surface area contributed by atoms with E-state index in [1.807, 2.05) is 0 Å². The molecule has 0 aromatic carbocycles. The van der Waals surface area contributed by atoms with Crippen molar-refractivity contribution in [2.75, 3.05) is 13.2 Å². The molecule has 0 radical (unpaired) electrons. The molecule has 0 unspecified atom stereocenters. The number of unbranched alkanes of at least 4 members (excludes halogenated alkanes) is 20. The molecule has 0 aliphatic heterocycles. The Balaban J connectivity index is 4.00. The van der Waals surface area contributed by atoms with Crippen molar-refractivity contribution in [3.63, 3.8) is 0 Å². The van der Waals surface area contributed by atoms with Crippen LogP contribution in [0.1, 0.15) is 174 Å². The topological polar surface area (TPSA) is 119 Å². The first-order valence-electron chi connectivity index (χ1n) is 17.5. The van der Waals surface area contributed by atoms with Crippen molar-refractivity contribution >= 4 is 19.8 Å². The molecular formula is C34H65O8P. The molecule has 8 nitrogen and oxygen atoms in total. The van der Waals surface area contributed by atoms with Gasteiger partial charge < -0.3 is 19.3 Å². The Hall–Kier alpha value is -1.21. The Bertz CT molecular complexity index is 721. The molecule has 1 atom stereocenters. The third-order valence-electron chi connectivity index (χ3n) is 7.53. The van der Waals surface area contributed by atoms with Gasteiger partial charge in [0.15, 0.2) is 6.10 Å². The van der Waals surface area contributed by atoms with Gasteiger partial charge in [-0.05, 0) is 38.5 Å². The quantitative estimate of drug-likeness (QED) is 0.0325. The van der Waals surface area contributed by atoms with Gasteiger partial charge >= 0.3 is 19.8 Å². The van der Waals surface area contributed by atoms with E-state index in [1.165, 1.54) is 89.9 Å². The molecule has 0 saturated carbocycles. The van der Waals surface area contributed by atoms with E-state index in [0.717, 1.165) is 51.4 Å². The Morgan fingerprint density at radius 1 is 0.581 bits per heavy atom. The lowest BCUT2D eigenvalue weighted by atomic mass is 10.0. The molecule has 2 N–H and O–H groups in total. The molecule has 0 fully saturated rings. The fraction of sp³-hybridized carbons (Fsp3) is 0.882. The Labute approximate surface area is 263 Å². The highest BCUT2D eigenvalue weighted by atomic mass is 31.2. The zero-order valence-electron chi connectivity index (χ0n) is 27.6. The van der Waals surface area contributed by atoms with E-state index in [0.29, 0.717) is 6.42 Å². The first kappa shape index (κ1) is 41.8. The van der Waals surface area contributed by atoms with Crippen LogP contribution in [0.25, 0.3) is 0 Å². The van der Waals surface area contributed by atoms with Crippen molar-refractivity contribution in [2.45, 2.75) is 180 Å². The molecule has 0 spiro atoms. The number of hydrogen-bond donors (Lipinski definition) is 2. The smallest absolute Gasteiger partial charge is 0.462 e. The van der Waals surface area contributed by atoms with Crippen LogP contribution < -0.4 is 0 Å². The van der Waals surface area contributed by atoms with Crippen LogP contribution in [0.4, 0.5) is 0 Å². The van der Waals surface area contributed by atoms with Gasteiger partial charge in [-0.1, -0.05) is 135 Å². The first-order valence-corrected chi connectivity index (χ1v) is 19.0. The van der Waals surface area contributed by atoms with Gasteiger partial charge in [0.05, 0.1) is 6.61 Å². The number of carbonyl (C=O) groups excluding carboxylic acids is 2. The molecule has 0 aromatic heterocycles. The molecular weight excluding hydrogens is 567 g/mol. The second-order valence-electron chi connectivity index (χ2n) is 11.8. The van der Waals surface area contributed by atoms with E-state index in [1.54, 1.807) is 0 Å². The summed E-state index contributed by atoms with van der Waals surface area (Å²) in [6, 6.07) is 0. The SMILES string of the molecule is CCCCCC/C=C/CCCCCCCC(=O)O[C@H](COC(=O)CCCCCCCCCCCCCC)COP(=O)(O)O. The van der Waals surface area contributed by atoms with Gasteiger partial charge in [-0.25, -0.2) is 4.57 Å². The molecule has 0 heterocycles. The summed E-state index contributed by atoms with van der Waals surface area (Å²) in [6.45, 7) is 3.64. The lowest BCUT2D eigenvalue weighted by Crippen LogP contribution is -2.29. The number of hydrogen-bond acceptors (Lipinski definition) is 6. The van der Waals surface area contributed by atoms with E-state index in [-0.39, 0.29) is 19.4 Å². The molecule has 0 rings (SSSR count). The van der Waals surface area contributed by atoms with Crippen LogP contribution in [-0.4, -0.2) is 41.0 Å². The van der Waals surface area contributed by atoms with Gasteiger partial charge in [0.25, 0.3) is 0 Å².